The average Bonchev–Trinajstić information content (AvgIpc) is 2.72. The molecule has 0 amide bonds. The first-order valence-corrected chi connectivity index (χ1v) is 10.5. The lowest BCUT2D eigenvalue weighted by molar-refractivity contribution is 0.284. The maximum atomic E-state index is 13.7. The van der Waals surface area contributed by atoms with Crippen molar-refractivity contribution in [1.82, 2.24) is 5.32 Å². The largest absolute Gasteiger partial charge is 0.493 e. The number of ether oxygens (including phenoxy) is 2. The summed E-state index contributed by atoms with van der Waals surface area (Å²) in [5.41, 5.74) is 2.34. The zero-order valence-electron chi connectivity index (χ0n) is 16.4. The molecule has 0 heterocycles. The SMILES string of the molecule is COc1cc(CNCCc2ccccc2F)c(Br)cc1OCc1ccc(F)cc1Cl. The zero-order valence-corrected chi connectivity index (χ0v) is 18.7. The lowest BCUT2D eigenvalue weighted by Crippen LogP contribution is -2.17. The molecule has 0 unspecified atom stereocenters. The topological polar surface area (TPSA) is 30.5 Å². The number of hydrogen-bond acceptors (Lipinski definition) is 3. The number of benzene rings is 3. The number of rotatable bonds is 9. The molecule has 0 spiro atoms. The summed E-state index contributed by atoms with van der Waals surface area (Å²) >= 11 is 9.62. The second kappa shape index (κ2) is 10.8. The fraction of sp³-hybridized carbons (Fsp3) is 0.217. The molecule has 0 saturated heterocycles. The average molecular weight is 497 g/mol. The smallest absolute Gasteiger partial charge is 0.162 e. The van der Waals surface area contributed by atoms with E-state index in [-0.39, 0.29) is 12.4 Å². The van der Waals surface area contributed by atoms with Gasteiger partial charge in [-0.2, -0.15) is 0 Å². The van der Waals surface area contributed by atoms with Crippen LogP contribution in [0.5, 0.6) is 11.5 Å². The number of halogens is 4. The third kappa shape index (κ3) is 5.94. The number of nitrogens with one attached hydrogen (secondary N) is 1. The van der Waals surface area contributed by atoms with E-state index in [9.17, 15) is 8.78 Å². The molecule has 0 fully saturated rings. The molecule has 0 atom stereocenters. The predicted octanol–water partition coefficient (Wildman–Crippen LogP) is 6.30. The van der Waals surface area contributed by atoms with Crippen LogP contribution in [-0.2, 0) is 19.6 Å². The Hall–Kier alpha value is -2.15. The van der Waals surface area contributed by atoms with Gasteiger partial charge in [0.1, 0.15) is 18.2 Å². The van der Waals surface area contributed by atoms with Crippen molar-refractivity contribution in [1.29, 1.82) is 0 Å². The van der Waals surface area contributed by atoms with Gasteiger partial charge < -0.3 is 14.8 Å². The third-order valence-corrected chi connectivity index (χ3v) is 5.67. The Labute approximate surface area is 188 Å². The minimum absolute atomic E-state index is 0.183. The fourth-order valence-corrected chi connectivity index (χ4v) is 3.61. The van der Waals surface area contributed by atoms with Crippen molar-refractivity contribution >= 4 is 27.5 Å². The Balaban J connectivity index is 1.61. The first-order valence-electron chi connectivity index (χ1n) is 9.35. The molecule has 7 heteroatoms. The van der Waals surface area contributed by atoms with E-state index in [2.05, 4.69) is 21.2 Å². The molecule has 3 aromatic carbocycles. The van der Waals surface area contributed by atoms with E-state index in [0.717, 1.165) is 10.0 Å². The summed E-state index contributed by atoms with van der Waals surface area (Å²) < 4.78 is 39.0. The minimum atomic E-state index is -0.393. The summed E-state index contributed by atoms with van der Waals surface area (Å²) in [6, 6.07) is 14.7. The molecule has 0 radical (unpaired) electrons. The van der Waals surface area contributed by atoms with Gasteiger partial charge in [-0.1, -0.05) is 51.8 Å². The van der Waals surface area contributed by atoms with E-state index >= 15 is 0 Å². The molecule has 3 rings (SSSR count). The van der Waals surface area contributed by atoms with Crippen LogP contribution in [0.3, 0.4) is 0 Å². The molecule has 1 N–H and O–H groups in total. The summed E-state index contributed by atoms with van der Waals surface area (Å²) in [6.45, 7) is 1.40. The molecule has 0 aliphatic carbocycles. The Morgan fingerprint density at radius 1 is 0.967 bits per heavy atom. The second-order valence-corrected chi connectivity index (χ2v) is 7.90. The van der Waals surface area contributed by atoms with Crippen molar-refractivity contribution in [2.75, 3.05) is 13.7 Å². The number of hydrogen-bond donors (Lipinski definition) is 1. The fourth-order valence-electron chi connectivity index (χ4n) is 2.93. The van der Waals surface area contributed by atoms with Crippen molar-refractivity contribution in [2.45, 2.75) is 19.6 Å². The molecule has 3 nitrogen and oxygen atoms in total. The zero-order chi connectivity index (χ0) is 21.5. The van der Waals surface area contributed by atoms with Gasteiger partial charge >= 0.3 is 0 Å². The lowest BCUT2D eigenvalue weighted by Gasteiger charge is -2.15. The second-order valence-electron chi connectivity index (χ2n) is 6.64. The highest BCUT2D eigenvalue weighted by molar-refractivity contribution is 9.10. The van der Waals surface area contributed by atoms with Gasteiger partial charge in [0.05, 0.1) is 12.1 Å². The van der Waals surface area contributed by atoms with Gasteiger partial charge in [-0.3, -0.25) is 0 Å². The van der Waals surface area contributed by atoms with Gasteiger partial charge in [0, 0.05) is 16.6 Å². The summed E-state index contributed by atoms with van der Waals surface area (Å²) in [6.07, 6.45) is 0.598. The lowest BCUT2D eigenvalue weighted by atomic mass is 10.1. The van der Waals surface area contributed by atoms with Crippen LogP contribution < -0.4 is 14.8 Å². The summed E-state index contributed by atoms with van der Waals surface area (Å²) in [4.78, 5) is 0. The molecule has 0 bridgehead atoms. The van der Waals surface area contributed by atoms with Gasteiger partial charge in [-0.15, -0.1) is 0 Å². The Morgan fingerprint density at radius 2 is 1.77 bits per heavy atom. The van der Waals surface area contributed by atoms with Crippen LogP contribution in [0.4, 0.5) is 8.78 Å². The quantitative estimate of drug-likeness (QED) is 0.353. The Bertz CT molecular complexity index is 1020. The minimum Gasteiger partial charge on any atom is -0.493 e. The van der Waals surface area contributed by atoms with Crippen molar-refractivity contribution in [3.05, 3.63) is 92.4 Å². The van der Waals surface area contributed by atoms with Crippen molar-refractivity contribution in [3.63, 3.8) is 0 Å². The van der Waals surface area contributed by atoms with Crippen LogP contribution in [-0.4, -0.2) is 13.7 Å². The van der Waals surface area contributed by atoms with E-state index in [1.165, 1.54) is 18.2 Å². The van der Waals surface area contributed by atoms with Gasteiger partial charge in [0.2, 0.25) is 0 Å². The molecule has 0 saturated carbocycles. The first kappa shape index (κ1) is 22.5. The van der Waals surface area contributed by atoms with E-state index < -0.39 is 5.82 Å². The van der Waals surface area contributed by atoms with E-state index in [1.54, 1.807) is 25.3 Å². The molecular formula is C23H21BrClF2NO2. The Morgan fingerprint density at radius 3 is 2.50 bits per heavy atom. The summed E-state index contributed by atoms with van der Waals surface area (Å²) in [5, 5.41) is 3.62. The molecular weight excluding hydrogens is 476 g/mol. The van der Waals surface area contributed by atoms with Crippen LogP contribution in [0.15, 0.2) is 59.1 Å². The Kier molecular flexibility index (Phi) is 8.08. The number of methoxy groups -OCH3 is 1. The van der Waals surface area contributed by atoms with Crippen LogP contribution in [0.1, 0.15) is 16.7 Å². The molecule has 0 aromatic heterocycles. The molecule has 158 valence electrons. The molecule has 30 heavy (non-hydrogen) atoms. The van der Waals surface area contributed by atoms with E-state index in [4.69, 9.17) is 21.1 Å². The summed E-state index contributed by atoms with van der Waals surface area (Å²) in [5.74, 6) is 0.531. The van der Waals surface area contributed by atoms with Crippen LogP contribution >= 0.6 is 27.5 Å². The van der Waals surface area contributed by atoms with Gasteiger partial charge in [0.25, 0.3) is 0 Å². The highest BCUT2D eigenvalue weighted by Gasteiger charge is 2.12. The highest BCUT2D eigenvalue weighted by atomic mass is 79.9. The van der Waals surface area contributed by atoms with E-state index in [0.29, 0.717) is 47.2 Å². The van der Waals surface area contributed by atoms with Crippen molar-refractivity contribution in [2.24, 2.45) is 0 Å². The molecule has 0 aliphatic heterocycles. The molecule has 3 aromatic rings. The third-order valence-electron chi connectivity index (χ3n) is 4.58. The standard InChI is InChI=1S/C23H21BrClF2NO2/c1-29-22-10-17(13-28-9-8-15-4-2-3-5-21(15)27)19(24)12-23(22)30-14-16-6-7-18(26)11-20(16)25/h2-7,10-12,28H,8-9,13-14H2,1H3. The predicted molar refractivity (Wildman–Crippen MR) is 118 cm³/mol. The van der Waals surface area contributed by atoms with Crippen LogP contribution in [0.2, 0.25) is 5.02 Å². The summed E-state index contributed by atoms with van der Waals surface area (Å²) in [7, 11) is 1.57. The van der Waals surface area contributed by atoms with Crippen LogP contribution in [0.25, 0.3) is 0 Å². The monoisotopic (exact) mass is 495 g/mol. The van der Waals surface area contributed by atoms with Crippen molar-refractivity contribution < 1.29 is 18.3 Å². The maximum absolute atomic E-state index is 13.7. The highest BCUT2D eigenvalue weighted by Crippen LogP contribution is 2.34. The van der Waals surface area contributed by atoms with Gasteiger partial charge in [0.15, 0.2) is 11.5 Å². The van der Waals surface area contributed by atoms with Gasteiger partial charge in [-0.05, 0) is 54.4 Å². The van der Waals surface area contributed by atoms with Crippen LogP contribution in [0, 0.1) is 11.6 Å². The molecule has 0 aliphatic rings. The van der Waals surface area contributed by atoms with Crippen molar-refractivity contribution in [3.8, 4) is 11.5 Å². The van der Waals surface area contributed by atoms with E-state index in [1.807, 2.05) is 18.2 Å². The normalized spacial score (nSPS) is 10.8. The first-order chi connectivity index (χ1) is 14.5. The van der Waals surface area contributed by atoms with Gasteiger partial charge in [-0.25, -0.2) is 8.78 Å². The maximum Gasteiger partial charge on any atom is 0.162 e.